The predicted octanol–water partition coefficient (Wildman–Crippen LogP) is -1.29. The molecule has 3 rings (SSSR count). The average molecular weight is 396 g/mol. The second-order valence-electron chi connectivity index (χ2n) is 6.67. The van der Waals surface area contributed by atoms with Crippen LogP contribution in [0, 0.1) is 0 Å². The maximum absolute atomic E-state index is 12.8. The predicted molar refractivity (Wildman–Crippen MR) is 93.8 cm³/mol. The monoisotopic (exact) mass is 396 g/mol. The van der Waals surface area contributed by atoms with Gasteiger partial charge in [-0.15, -0.1) is 0 Å². The maximum Gasteiger partial charge on any atom is 0.264 e. The first kappa shape index (κ1) is 19.4. The molecule has 0 bridgehead atoms. The molecule has 10 nitrogen and oxygen atoms in total. The van der Waals surface area contributed by atoms with Gasteiger partial charge in [-0.3, -0.25) is 19.2 Å². The summed E-state index contributed by atoms with van der Waals surface area (Å²) in [6, 6.07) is -1.57. The SMILES string of the molecule is NC(=O)CCCC(=O)N1CCC2C1C(=O)CN2S(=O)(=O)C1=NC=CCC1=O. The molecule has 0 aromatic carbocycles. The second kappa shape index (κ2) is 7.31. The fraction of sp³-hybridized carbons (Fsp3) is 0.562. The quantitative estimate of drug-likeness (QED) is 0.611. The van der Waals surface area contributed by atoms with Crippen molar-refractivity contribution in [2.45, 2.75) is 44.2 Å². The highest BCUT2D eigenvalue weighted by Crippen LogP contribution is 2.33. The van der Waals surface area contributed by atoms with E-state index in [1.807, 2.05) is 0 Å². The van der Waals surface area contributed by atoms with Crippen LogP contribution in [0.2, 0.25) is 0 Å². The van der Waals surface area contributed by atoms with Crippen molar-refractivity contribution in [2.24, 2.45) is 10.7 Å². The molecule has 0 radical (unpaired) electrons. The summed E-state index contributed by atoms with van der Waals surface area (Å²) in [5, 5.41) is -0.565. The molecule has 2 N–H and O–H groups in total. The lowest BCUT2D eigenvalue weighted by molar-refractivity contribution is -0.136. The van der Waals surface area contributed by atoms with Gasteiger partial charge in [-0.2, -0.15) is 4.31 Å². The smallest absolute Gasteiger partial charge is 0.264 e. The van der Waals surface area contributed by atoms with Crippen molar-refractivity contribution in [1.29, 1.82) is 0 Å². The number of Topliss-reactive ketones (excluding diaryl/α,β-unsaturated/α-hetero) is 2. The summed E-state index contributed by atoms with van der Waals surface area (Å²) in [5.41, 5.74) is 5.05. The number of allylic oxidation sites excluding steroid dienone is 1. The topological polar surface area (TPSA) is 147 Å². The van der Waals surface area contributed by atoms with Crippen molar-refractivity contribution in [3.63, 3.8) is 0 Å². The Morgan fingerprint density at radius 3 is 2.67 bits per heavy atom. The third-order valence-corrected chi connectivity index (χ3v) is 6.74. The van der Waals surface area contributed by atoms with Gasteiger partial charge in [0, 0.05) is 32.0 Å². The number of primary amides is 1. The zero-order chi connectivity index (χ0) is 19.8. The van der Waals surface area contributed by atoms with Crippen LogP contribution in [-0.2, 0) is 29.2 Å². The summed E-state index contributed by atoms with van der Waals surface area (Å²) in [6.07, 6.45) is 3.36. The number of amides is 2. The zero-order valence-electron chi connectivity index (χ0n) is 14.5. The minimum absolute atomic E-state index is 0.0571. The van der Waals surface area contributed by atoms with Crippen molar-refractivity contribution in [1.82, 2.24) is 9.21 Å². The largest absolute Gasteiger partial charge is 0.370 e. The molecule has 11 heteroatoms. The lowest BCUT2D eigenvalue weighted by Gasteiger charge is -2.24. The molecule has 3 heterocycles. The lowest BCUT2D eigenvalue weighted by atomic mass is 10.1. The fourth-order valence-electron chi connectivity index (χ4n) is 3.69. The second-order valence-corrected chi connectivity index (χ2v) is 8.48. The molecule has 0 aromatic heterocycles. The van der Waals surface area contributed by atoms with E-state index in [1.165, 1.54) is 17.2 Å². The van der Waals surface area contributed by atoms with E-state index in [2.05, 4.69) is 4.99 Å². The Kier molecular flexibility index (Phi) is 5.24. The van der Waals surface area contributed by atoms with Gasteiger partial charge in [0.05, 0.1) is 12.6 Å². The first-order valence-electron chi connectivity index (χ1n) is 8.62. The van der Waals surface area contributed by atoms with Crippen molar-refractivity contribution in [2.75, 3.05) is 13.1 Å². The highest BCUT2D eigenvalue weighted by Gasteiger charge is 2.54. The molecule has 2 atom stereocenters. The summed E-state index contributed by atoms with van der Waals surface area (Å²) in [5.74, 6) is -1.83. The van der Waals surface area contributed by atoms with E-state index < -0.39 is 45.4 Å². The number of rotatable bonds is 5. The van der Waals surface area contributed by atoms with E-state index >= 15 is 0 Å². The van der Waals surface area contributed by atoms with Crippen LogP contribution < -0.4 is 5.73 Å². The summed E-state index contributed by atoms with van der Waals surface area (Å²) in [4.78, 5) is 52.7. The van der Waals surface area contributed by atoms with Gasteiger partial charge in [0.1, 0.15) is 6.04 Å². The number of likely N-dealkylation sites (tertiary alicyclic amines) is 1. The van der Waals surface area contributed by atoms with E-state index in [4.69, 9.17) is 5.73 Å². The highest BCUT2D eigenvalue weighted by atomic mass is 32.2. The number of aliphatic imine (C=N–C) groups is 1. The van der Waals surface area contributed by atoms with Crippen LogP contribution in [0.1, 0.15) is 32.1 Å². The van der Waals surface area contributed by atoms with E-state index in [9.17, 15) is 27.6 Å². The summed E-state index contributed by atoms with van der Waals surface area (Å²) in [6.45, 7) is -0.151. The highest BCUT2D eigenvalue weighted by molar-refractivity contribution is 8.06. The van der Waals surface area contributed by atoms with Gasteiger partial charge in [0.2, 0.25) is 16.9 Å². The van der Waals surface area contributed by atoms with E-state index in [0.717, 1.165) is 4.31 Å². The van der Waals surface area contributed by atoms with Crippen LogP contribution in [0.4, 0.5) is 0 Å². The maximum atomic E-state index is 12.8. The van der Waals surface area contributed by atoms with Crippen molar-refractivity contribution >= 4 is 38.4 Å². The molecule has 2 amide bonds. The average Bonchev–Trinajstić information content (AvgIpc) is 3.16. The molecule has 2 unspecified atom stereocenters. The van der Waals surface area contributed by atoms with Gasteiger partial charge in [-0.25, -0.2) is 13.4 Å². The van der Waals surface area contributed by atoms with Crippen LogP contribution >= 0.6 is 0 Å². The molecular weight excluding hydrogens is 376 g/mol. The van der Waals surface area contributed by atoms with E-state index in [-0.39, 0.29) is 43.9 Å². The summed E-state index contributed by atoms with van der Waals surface area (Å²) >= 11 is 0. The Hall–Kier alpha value is -2.40. The fourth-order valence-corrected chi connectivity index (χ4v) is 5.35. The Bertz CT molecular complexity index is 862. The minimum atomic E-state index is -4.21. The number of carbonyl (C=O) groups is 4. The van der Waals surface area contributed by atoms with Crippen molar-refractivity contribution < 1.29 is 27.6 Å². The van der Waals surface area contributed by atoms with Gasteiger partial charge in [-0.05, 0) is 12.8 Å². The first-order chi connectivity index (χ1) is 12.7. The molecule has 3 aliphatic rings. The third kappa shape index (κ3) is 3.56. The Morgan fingerprint density at radius 1 is 1.26 bits per heavy atom. The number of nitrogens with two attached hydrogens (primary N) is 1. The molecule has 146 valence electrons. The van der Waals surface area contributed by atoms with Gasteiger partial charge in [-0.1, -0.05) is 6.08 Å². The van der Waals surface area contributed by atoms with Crippen LogP contribution in [0.15, 0.2) is 17.3 Å². The number of hydrogen-bond donors (Lipinski definition) is 1. The number of sulfonamides is 1. The van der Waals surface area contributed by atoms with E-state index in [1.54, 1.807) is 0 Å². The zero-order valence-corrected chi connectivity index (χ0v) is 15.4. The van der Waals surface area contributed by atoms with Crippen LogP contribution in [0.25, 0.3) is 0 Å². The Morgan fingerprint density at radius 2 is 2.00 bits per heavy atom. The molecular formula is C16H20N4O6S. The number of hydrogen-bond acceptors (Lipinski definition) is 7. The number of carbonyl (C=O) groups excluding carboxylic acids is 4. The lowest BCUT2D eigenvalue weighted by Crippen LogP contribution is -2.45. The van der Waals surface area contributed by atoms with Crippen LogP contribution in [0.3, 0.4) is 0 Å². The molecule has 0 saturated carbocycles. The van der Waals surface area contributed by atoms with E-state index in [0.29, 0.717) is 6.42 Å². The van der Waals surface area contributed by atoms with Gasteiger partial charge in [0.25, 0.3) is 10.0 Å². The number of nitrogens with zero attached hydrogens (tertiary/aromatic N) is 3. The normalized spacial score (nSPS) is 25.6. The first-order valence-corrected chi connectivity index (χ1v) is 10.1. The van der Waals surface area contributed by atoms with Crippen molar-refractivity contribution in [3.8, 4) is 0 Å². The minimum Gasteiger partial charge on any atom is -0.370 e. The number of fused-ring (bicyclic) bond motifs is 1. The Labute approximate surface area is 156 Å². The summed E-state index contributed by atoms with van der Waals surface area (Å²) in [7, 11) is -4.21. The molecule has 0 aromatic rings. The third-order valence-electron chi connectivity index (χ3n) is 4.90. The molecule has 3 aliphatic heterocycles. The molecule has 0 aliphatic carbocycles. The number of ketones is 2. The van der Waals surface area contributed by atoms with Crippen LogP contribution in [-0.4, -0.2) is 71.2 Å². The standard InChI is InChI=1S/C16H20N4O6S/c17-13(23)4-1-5-14(24)19-8-6-10-15(19)12(22)9-20(10)27(25,26)16-11(21)3-2-7-18-16/h2,7,10,15H,1,3-6,8-9H2,(H2,17,23). The van der Waals surface area contributed by atoms with Gasteiger partial charge < -0.3 is 10.6 Å². The van der Waals surface area contributed by atoms with Crippen LogP contribution in [0.5, 0.6) is 0 Å². The van der Waals surface area contributed by atoms with Gasteiger partial charge in [0.15, 0.2) is 11.6 Å². The van der Waals surface area contributed by atoms with Crippen molar-refractivity contribution in [3.05, 3.63) is 12.3 Å². The Balaban J connectivity index is 1.76. The summed E-state index contributed by atoms with van der Waals surface area (Å²) < 4.78 is 26.7. The van der Waals surface area contributed by atoms with Gasteiger partial charge >= 0.3 is 0 Å². The molecule has 2 fully saturated rings. The molecule has 2 saturated heterocycles. The molecule has 27 heavy (non-hydrogen) atoms. The molecule has 0 spiro atoms.